The number of carbonyl (C=O) groups excluding carboxylic acids is 2. The van der Waals surface area contributed by atoms with Crippen molar-refractivity contribution in [2.24, 2.45) is 0 Å². The summed E-state index contributed by atoms with van der Waals surface area (Å²) >= 11 is 0. The Bertz CT molecular complexity index is 1720. The average molecular weight is 636 g/mol. The van der Waals surface area contributed by atoms with Crippen molar-refractivity contribution in [1.29, 1.82) is 0 Å². The Morgan fingerprint density at radius 1 is 0.783 bits per heavy atom. The number of hydrogen-bond donors (Lipinski definition) is 3. The zero-order valence-corrected chi connectivity index (χ0v) is 24.3. The fraction of sp³-hybridized carbons (Fsp3) is 0.176. The maximum atomic E-state index is 13.3. The van der Waals surface area contributed by atoms with Gasteiger partial charge >= 0.3 is 24.1 Å². The summed E-state index contributed by atoms with van der Waals surface area (Å²) in [5.41, 5.74) is -1.79. The highest BCUT2D eigenvalue weighted by Gasteiger charge is 2.50. The van der Waals surface area contributed by atoms with Gasteiger partial charge < -0.3 is 25.0 Å². The summed E-state index contributed by atoms with van der Waals surface area (Å²) in [4.78, 5) is 50.2. The normalized spacial score (nSPS) is 11.4. The Morgan fingerprint density at radius 3 is 2.02 bits per heavy atom. The maximum Gasteiger partial charge on any atom is 0.416 e. The van der Waals surface area contributed by atoms with Crippen LogP contribution in [0.4, 0.5) is 18.9 Å². The molecule has 0 unspecified atom stereocenters. The van der Waals surface area contributed by atoms with Crippen LogP contribution in [-0.2, 0) is 37.1 Å². The number of carboxylic acids is 2. The minimum Gasteiger partial charge on any atom is -0.492 e. The van der Waals surface area contributed by atoms with Crippen molar-refractivity contribution < 1.29 is 52.0 Å². The standard InChI is InChI=1S/C34H28F3NO8/c1-2-45-28-18-21(19-29(39)46-20-33(31(41)42,32(43)44)23-8-4-3-5-9-23)12-17-27(28)38-30(40)26-11-7-6-10-25(26)22-13-15-24(16-14-22)34(35,36)37/h3-18H,2,19-20H2,1H3,(H,38,40)(H,41,42)(H,43,44). The molecule has 4 aromatic rings. The molecule has 0 radical (unpaired) electrons. The Labute approximate surface area is 261 Å². The van der Waals surface area contributed by atoms with E-state index in [0.29, 0.717) is 16.7 Å². The van der Waals surface area contributed by atoms with E-state index in [4.69, 9.17) is 9.47 Å². The van der Waals surface area contributed by atoms with Crippen LogP contribution in [-0.4, -0.2) is 47.2 Å². The topological polar surface area (TPSA) is 139 Å². The van der Waals surface area contributed by atoms with Crippen molar-refractivity contribution in [3.8, 4) is 16.9 Å². The largest absolute Gasteiger partial charge is 0.492 e. The molecule has 0 bridgehead atoms. The third kappa shape index (κ3) is 7.34. The van der Waals surface area contributed by atoms with E-state index < -0.39 is 47.6 Å². The molecule has 0 saturated carbocycles. The number of rotatable bonds is 12. The quantitative estimate of drug-likeness (QED) is 0.123. The fourth-order valence-electron chi connectivity index (χ4n) is 4.69. The molecule has 0 atom stereocenters. The number of amides is 1. The van der Waals surface area contributed by atoms with Crippen LogP contribution < -0.4 is 10.1 Å². The molecule has 0 saturated heterocycles. The van der Waals surface area contributed by atoms with Gasteiger partial charge in [0, 0.05) is 5.56 Å². The first-order valence-electron chi connectivity index (χ1n) is 13.9. The molecule has 3 N–H and O–H groups in total. The Kier molecular flexibility index (Phi) is 10.1. The minimum atomic E-state index is -4.50. The van der Waals surface area contributed by atoms with Crippen molar-refractivity contribution >= 4 is 29.5 Å². The lowest BCUT2D eigenvalue weighted by Crippen LogP contribution is -2.48. The summed E-state index contributed by atoms with van der Waals surface area (Å²) in [5, 5.41) is 22.3. The summed E-state index contributed by atoms with van der Waals surface area (Å²) in [5.74, 6) is -4.66. The number of hydrogen-bond acceptors (Lipinski definition) is 6. The van der Waals surface area contributed by atoms with Crippen LogP contribution in [0.5, 0.6) is 5.75 Å². The molecule has 46 heavy (non-hydrogen) atoms. The van der Waals surface area contributed by atoms with Gasteiger partial charge in [0.1, 0.15) is 12.4 Å². The van der Waals surface area contributed by atoms with Crippen molar-refractivity contribution in [3.05, 3.63) is 119 Å². The third-order valence-electron chi connectivity index (χ3n) is 7.08. The van der Waals surface area contributed by atoms with Gasteiger partial charge in [0.05, 0.1) is 24.3 Å². The molecule has 238 valence electrons. The number of benzene rings is 4. The van der Waals surface area contributed by atoms with Crippen LogP contribution in [0.2, 0.25) is 0 Å². The van der Waals surface area contributed by atoms with Gasteiger partial charge in [-0.3, -0.25) is 19.2 Å². The molecule has 0 aliphatic heterocycles. The van der Waals surface area contributed by atoms with Crippen LogP contribution in [0.25, 0.3) is 11.1 Å². The monoisotopic (exact) mass is 635 g/mol. The molecule has 4 aromatic carbocycles. The van der Waals surface area contributed by atoms with E-state index in [0.717, 1.165) is 12.1 Å². The summed E-state index contributed by atoms with van der Waals surface area (Å²) in [7, 11) is 0. The van der Waals surface area contributed by atoms with Gasteiger partial charge in [-0.15, -0.1) is 0 Å². The maximum absolute atomic E-state index is 13.3. The molecule has 9 nitrogen and oxygen atoms in total. The number of halogens is 3. The molecule has 0 fully saturated rings. The molecule has 0 heterocycles. The average Bonchev–Trinajstić information content (AvgIpc) is 3.02. The second-order valence-electron chi connectivity index (χ2n) is 10.1. The predicted octanol–water partition coefficient (Wildman–Crippen LogP) is 6.22. The number of aliphatic carboxylic acids is 2. The number of carboxylic acid groups (broad SMARTS) is 2. The van der Waals surface area contributed by atoms with E-state index in [1.54, 1.807) is 31.2 Å². The molecule has 12 heteroatoms. The van der Waals surface area contributed by atoms with E-state index in [1.165, 1.54) is 60.7 Å². The summed E-state index contributed by atoms with van der Waals surface area (Å²) in [6.45, 7) is 0.939. The second-order valence-corrected chi connectivity index (χ2v) is 10.1. The van der Waals surface area contributed by atoms with Crippen molar-refractivity contribution in [1.82, 2.24) is 0 Å². The fourth-order valence-corrected chi connectivity index (χ4v) is 4.69. The van der Waals surface area contributed by atoms with Gasteiger partial charge in [-0.05, 0) is 59.5 Å². The number of esters is 1. The van der Waals surface area contributed by atoms with E-state index in [9.17, 15) is 42.6 Å². The zero-order chi connectivity index (χ0) is 33.5. The Morgan fingerprint density at radius 2 is 1.41 bits per heavy atom. The first kappa shape index (κ1) is 33.2. The molecule has 0 spiro atoms. The predicted molar refractivity (Wildman–Crippen MR) is 160 cm³/mol. The molecule has 0 aliphatic carbocycles. The summed E-state index contributed by atoms with van der Waals surface area (Å²) < 4.78 is 49.9. The van der Waals surface area contributed by atoms with Gasteiger partial charge in [0.2, 0.25) is 5.41 Å². The van der Waals surface area contributed by atoms with E-state index >= 15 is 0 Å². The van der Waals surface area contributed by atoms with Crippen LogP contribution in [0.15, 0.2) is 97.1 Å². The first-order valence-corrected chi connectivity index (χ1v) is 13.9. The molecule has 0 aliphatic rings. The highest BCUT2D eigenvalue weighted by molar-refractivity contribution is 6.09. The molecular weight excluding hydrogens is 607 g/mol. The number of nitrogens with one attached hydrogen (secondary N) is 1. The van der Waals surface area contributed by atoms with E-state index in [2.05, 4.69) is 5.32 Å². The number of anilines is 1. The highest BCUT2D eigenvalue weighted by Crippen LogP contribution is 2.33. The zero-order valence-electron chi connectivity index (χ0n) is 24.3. The van der Waals surface area contributed by atoms with Crippen molar-refractivity contribution in [3.63, 3.8) is 0 Å². The Hall–Kier alpha value is -5.65. The first-order chi connectivity index (χ1) is 21.9. The molecule has 0 aromatic heterocycles. The van der Waals surface area contributed by atoms with Crippen LogP contribution >= 0.6 is 0 Å². The SMILES string of the molecule is CCOc1cc(CC(=O)OCC(C(=O)O)(C(=O)O)c2ccccc2)ccc1NC(=O)c1ccccc1-c1ccc(C(F)(F)F)cc1. The number of ether oxygens (including phenoxy) is 2. The molecule has 4 rings (SSSR count). The lowest BCUT2D eigenvalue weighted by atomic mass is 9.81. The minimum absolute atomic E-state index is 0.0681. The third-order valence-corrected chi connectivity index (χ3v) is 7.08. The molecular formula is C34H28F3NO8. The number of alkyl halides is 3. The van der Waals surface area contributed by atoms with Gasteiger partial charge in [-0.1, -0.05) is 66.7 Å². The lowest BCUT2D eigenvalue weighted by Gasteiger charge is -2.25. The summed E-state index contributed by atoms with van der Waals surface area (Å²) in [6, 6.07) is 22.5. The van der Waals surface area contributed by atoms with Gasteiger partial charge in [-0.2, -0.15) is 13.2 Å². The molecule has 1 amide bonds. The second kappa shape index (κ2) is 14.0. The smallest absolute Gasteiger partial charge is 0.416 e. The highest BCUT2D eigenvalue weighted by atomic mass is 19.4. The van der Waals surface area contributed by atoms with Crippen LogP contribution in [0.1, 0.15) is 34.0 Å². The number of carbonyl (C=O) groups is 4. The van der Waals surface area contributed by atoms with Crippen LogP contribution in [0.3, 0.4) is 0 Å². The van der Waals surface area contributed by atoms with Gasteiger partial charge in [-0.25, -0.2) is 0 Å². The van der Waals surface area contributed by atoms with Crippen molar-refractivity contribution in [2.75, 3.05) is 18.5 Å². The van der Waals surface area contributed by atoms with Gasteiger partial charge in [0.25, 0.3) is 5.91 Å². The van der Waals surface area contributed by atoms with Crippen molar-refractivity contribution in [2.45, 2.75) is 24.9 Å². The van der Waals surface area contributed by atoms with E-state index in [1.807, 2.05) is 0 Å². The lowest BCUT2D eigenvalue weighted by molar-refractivity contribution is -0.164. The summed E-state index contributed by atoms with van der Waals surface area (Å²) in [6.07, 6.45) is -4.87. The Balaban J connectivity index is 1.51. The van der Waals surface area contributed by atoms with E-state index in [-0.39, 0.29) is 35.6 Å². The van der Waals surface area contributed by atoms with Crippen LogP contribution in [0, 0.1) is 0 Å². The van der Waals surface area contributed by atoms with Gasteiger partial charge in [0.15, 0.2) is 0 Å².